The Kier molecular flexibility index (Phi) is 3.15. The van der Waals surface area contributed by atoms with Crippen molar-refractivity contribution in [1.82, 2.24) is 25.8 Å². The van der Waals surface area contributed by atoms with E-state index < -0.39 is 0 Å². The van der Waals surface area contributed by atoms with Gasteiger partial charge in [0.25, 0.3) is 0 Å². The second kappa shape index (κ2) is 4.37. The van der Waals surface area contributed by atoms with E-state index in [1.165, 1.54) is 0 Å². The van der Waals surface area contributed by atoms with Crippen LogP contribution in [-0.4, -0.2) is 28.1 Å². The summed E-state index contributed by atoms with van der Waals surface area (Å²) in [6.07, 6.45) is 2.00. The van der Waals surface area contributed by atoms with Crippen LogP contribution in [0.4, 0.5) is 0 Å². The van der Waals surface area contributed by atoms with E-state index in [4.69, 9.17) is 0 Å². The molecule has 1 aromatic heterocycles. The number of alkyl halides is 1. The summed E-state index contributed by atoms with van der Waals surface area (Å²) in [5, 5.41) is 8.17. The van der Waals surface area contributed by atoms with Crippen molar-refractivity contribution >= 4 is 15.9 Å². The normalized spacial score (nSPS) is 20.1. The fourth-order valence-electron chi connectivity index (χ4n) is 1.48. The number of aromatic nitrogens is 3. The minimum atomic E-state index is 0.274. The van der Waals surface area contributed by atoms with Gasteiger partial charge in [0.2, 0.25) is 0 Å². The Labute approximate surface area is 91.3 Å². The van der Waals surface area contributed by atoms with Crippen LogP contribution in [0.3, 0.4) is 0 Å². The molecule has 2 rings (SSSR count). The van der Waals surface area contributed by atoms with Crippen molar-refractivity contribution in [3.05, 3.63) is 11.9 Å². The van der Waals surface area contributed by atoms with Gasteiger partial charge in [0.05, 0.1) is 10.5 Å². The van der Waals surface area contributed by atoms with E-state index in [-0.39, 0.29) is 4.83 Å². The lowest BCUT2D eigenvalue weighted by Crippen LogP contribution is -2.21. The van der Waals surface area contributed by atoms with E-state index in [1.807, 2.05) is 17.8 Å². The molecule has 1 aliphatic heterocycles. The molecule has 0 bridgehead atoms. The molecule has 78 valence electrons. The first-order valence-corrected chi connectivity index (χ1v) is 5.67. The van der Waals surface area contributed by atoms with E-state index in [0.717, 1.165) is 25.3 Å². The topological polar surface area (TPSA) is 54.8 Å². The van der Waals surface area contributed by atoms with Gasteiger partial charge in [0.15, 0.2) is 0 Å². The zero-order valence-corrected chi connectivity index (χ0v) is 9.66. The Bertz CT molecular complexity index is 292. The van der Waals surface area contributed by atoms with Crippen LogP contribution in [0.25, 0.3) is 0 Å². The molecule has 1 fully saturated rings. The van der Waals surface area contributed by atoms with Gasteiger partial charge in [-0.1, -0.05) is 21.1 Å². The molecule has 0 spiro atoms. The Morgan fingerprint density at radius 1 is 1.64 bits per heavy atom. The fraction of sp³-hybridized carbons (Fsp3) is 0.750. The largest absolute Gasteiger partial charge is 0.257 e. The van der Waals surface area contributed by atoms with Gasteiger partial charge in [-0.2, -0.15) is 0 Å². The number of hydrogen-bond donors (Lipinski definition) is 2. The number of rotatable bonds is 3. The Morgan fingerprint density at radius 3 is 2.93 bits per heavy atom. The van der Waals surface area contributed by atoms with Crippen molar-refractivity contribution in [2.75, 3.05) is 13.1 Å². The Morgan fingerprint density at radius 2 is 2.36 bits per heavy atom. The smallest absolute Gasteiger partial charge is 0.0960 e. The molecule has 0 radical (unpaired) electrons. The average molecular weight is 260 g/mol. The van der Waals surface area contributed by atoms with Crippen molar-refractivity contribution in [2.24, 2.45) is 5.92 Å². The summed E-state index contributed by atoms with van der Waals surface area (Å²) in [6.45, 7) is 4.97. The molecule has 5 nitrogen and oxygen atoms in total. The van der Waals surface area contributed by atoms with E-state index >= 15 is 0 Å². The van der Waals surface area contributed by atoms with Crippen LogP contribution in [0.5, 0.6) is 0 Å². The van der Waals surface area contributed by atoms with Gasteiger partial charge >= 0.3 is 0 Å². The van der Waals surface area contributed by atoms with E-state index in [9.17, 15) is 0 Å². The summed E-state index contributed by atoms with van der Waals surface area (Å²) in [6, 6.07) is 0. The summed E-state index contributed by atoms with van der Waals surface area (Å²) in [7, 11) is 0. The van der Waals surface area contributed by atoms with E-state index in [2.05, 4.69) is 37.1 Å². The maximum Gasteiger partial charge on any atom is 0.0960 e. The van der Waals surface area contributed by atoms with Crippen LogP contribution in [0.15, 0.2) is 6.20 Å². The van der Waals surface area contributed by atoms with Crippen LogP contribution in [0.1, 0.15) is 17.4 Å². The van der Waals surface area contributed by atoms with Crippen LogP contribution in [0, 0.1) is 5.92 Å². The van der Waals surface area contributed by atoms with Crippen molar-refractivity contribution in [2.45, 2.75) is 18.3 Å². The van der Waals surface area contributed by atoms with Crippen molar-refractivity contribution in [1.29, 1.82) is 0 Å². The van der Waals surface area contributed by atoms with Gasteiger partial charge in [-0.15, -0.1) is 5.10 Å². The van der Waals surface area contributed by atoms with Gasteiger partial charge in [-0.25, -0.2) is 0 Å². The fourth-order valence-corrected chi connectivity index (χ4v) is 1.69. The zero-order chi connectivity index (χ0) is 9.97. The molecule has 1 aromatic rings. The molecule has 1 saturated heterocycles. The molecule has 0 aliphatic carbocycles. The maximum atomic E-state index is 4.08. The first kappa shape index (κ1) is 10.1. The minimum absolute atomic E-state index is 0.274. The number of nitrogens with one attached hydrogen (secondary N) is 2. The van der Waals surface area contributed by atoms with Gasteiger partial charge in [-0.3, -0.25) is 15.5 Å². The molecule has 6 heteroatoms. The lowest BCUT2D eigenvalue weighted by Gasteiger charge is -2.05. The second-order valence-corrected chi connectivity index (χ2v) is 4.98. The quantitative estimate of drug-likeness (QED) is 0.775. The molecular weight excluding hydrogens is 246 g/mol. The lowest BCUT2D eigenvalue weighted by molar-refractivity contribution is 0.456. The third kappa shape index (κ3) is 2.31. The van der Waals surface area contributed by atoms with Gasteiger partial charge in [0, 0.05) is 31.7 Å². The summed E-state index contributed by atoms with van der Waals surface area (Å²) < 4.78 is 1.91. The minimum Gasteiger partial charge on any atom is -0.257 e. The summed E-state index contributed by atoms with van der Waals surface area (Å²) in [5.41, 5.74) is 7.19. The van der Waals surface area contributed by atoms with Crippen LogP contribution < -0.4 is 10.9 Å². The van der Waals surface area contributed by atoms with E-state index in [1.54, 1.807) is 0 Å². The van der Waals surface area contributed by atoms with Crippen molar-refractivity contribution in [3.63, 3.8) is 0 Å². The monoisotopic (exact) mass is 259 g/mol. The molecule has 14 heavy (non-hydrogen) atoms. The van der Waals surface area contributed by atoms with Gasteiger partial charge in [0.1, 0.15) is 0 Å². The van der Waals surface area contributed by atoms with Crippen molar-refractivity contribution < 1.29 is 0 Å². The number of hydrazine groups is 1. The zero-order valence-electron chi connectivity index (χ0n) is 8.07. The molecule has 1 aliphatic rings. The van der Waals surface area contributed by atoms with Crippen molar-refractivity contribution in [3.8, 4) is 0 Å². The Hall–Kier alpha value is -0.460. The molecule has 1 atom stereocenters. The lowest BCUT2D eigenvalue weighted by atomic mass is 10.2. The highest BCUT2D eigenvalue weighted by atomic mass is 79.9. The highest BCUT2D eigenvalue weighted by molar-refractivity contribution is 9.09. The number of nitrogens with zero attached hydrogens (tertiary/aromatic N) is 3. The third-order valence-electron chi connectivity index (χ3n) is 2.32. The summed E-state index contributed by atoms with van der Waals surface area (Å²) in [5.74, 6) is 0.607. The molecule has 0 aromatic carbocycles. The van der Waals surface area contributed by atoms with Crippen LogP contribution in [-0.2, 0) is 6.54 Å². The van der Waals surface area contributed by atoms with Crippen LogP contribution in [0.2, 0.25) is 0 Å². The predicted molar refractivity (Wildman–Crippen MR) is 56.9 cm³/mol. The first-order valence-electron chi connectivity index (χ1n) is 4.75. The second-order valence-electron chi connectivity index (χ2n) is 3.61. The van der Waals surface area contributed by atoms with Crippen LogP contribution >= 0.6 is 15.9 Å². The van der Waals surface area contributed by atoms with Gasteiger partial charge in [-0.05, 0) is 6.92 Å². The van der Waals surface area contributed by atoms with Gasteiger partial charge < -0.3 is 0 Å². The average Bonchev–Trinajstić information content (AvgIpc) is 2.75. The molecule has 2 N–H and O–H groups in total. The number of halogens is 1. The predicted octanol–water partition coefficient (Wildman–Crippen LogP) is 0.458. The maximum absolute atomic E-state index is 4.08. The summed E-state index contributed by atoms with van der Waals surface area (Å²) >= 11 is 3.47. The Balaban J connectivity index is 1.95. The first-order chi connectivity index (χ1) is 6.75. The molecule has 0 saturated carbocycles. The SMILES string of the molecule is CC(Br)c1cn(CC2CNNC2)nn1. The highest BCUT2D eigenvalue weighted by Gasteiger charge is 2.15. The van der Waals surface area contributed by atoms with E-state index in [0.29, 0.717) is 5.92 Å². The molecule has 2 heterocycles. The molecular formula is C8H14BrN5. The summed E-state index contributed by atoms with van der Waals surface area (Å²) in [4.78, 5) is 0.274. The highest BCUT2D eigenvalue weighted by Crippen LogP contribution is 2.18. The number of hydrogen-bond acceptors (Lipinski definition) is 4. The molecule has 0 amide bonds. The standard InChI is InChI=1S/C8H14BrN5/c1-6(9)8-5-14(13-12-8)4-7-2-10-11-3-7/h5-7,10-11H,2-4H2,1H3. The molecule has 1 unspecified atom stereocenters. The third-order valence-corrected chi connectivity index (χ3v) is 2.78.